The summed E-state index contributed by atoms with van der Waals surface area (Å²) in [5.41, 5.74) is 11.2. The average molecular weight is 786 g/mol. The van der Waals surface area contributed by atoms with Crippen LogP contribution in [0.1, 0.15) is 58.4 Å². The molecule has 1 aromatic heterocycles. The number of piperidine rings is 2. The first-order valence-electron chi connectivity index (χ1n) is 19.7. The second-order valence-electron chi connectivity index (χ2n) is 15.5. The maximum atomic E-state index is 13.6. The van der Waals surface area contributed by atoms with Crippen LogP contribution in [-0.2, 0) is 22.7 Å². The third-order valence-corrected chi connectivity index (χ3v) is 11.7. The number of anilines is 1. The molecule has 0 bridgehead atoms. The van der Waals surface area contributed by atoms with Crippen molar-refractivity contribution in [3.63, 3.8) is 0 Å². The van der Waals surface area contributed by atoms with Gasteiger partial charge in [-0.3, -0.25) is 39.2 Å². The molecule has 4 amide bonds. The predicted octanol–water partition coefficient (Wildman–Crippen LogP) is 4.99. The van der Waals surface area contributed by atoms with Crippen LogP contribution in [0.25, 0.3) is 22.0 Å². The predicted molar refractivity (Wildman–Crippen MR) is 207 cm³/mol. The van der Waals surface area contributed by atoms with Gasteiger partial charge in [0.15, 0.2) is 0 Å². The molecule has 3 saturated heterocycles. The second kappa shape index (κ2) is 15.9. The number of carbonyl (C=O) groups excluding carboxylic acids is 4. The van der Waals surface area contributed by atoms with E-state index in [9.17, 15) is 32.3 Å². The normalized spacial score (nSPS) is 20.1. The third-order valence-electron chi connectivity index (χ3n) is 11.7. The summed E-state index contributed by atoms with van der Waals surface area (Å²) < 4.78 is 44.6. The van der Waals surface area contributed by atoms with Gasteiger partial charge in [0, 0.05) is 74.9 Å². The zero-order chi connectivity index (χ0) is 39.8. The number of rotatable bonds is 11. The van der Waals surface area contributed by atoms with E-state index in [1.165, 1.54) is 17.7 Å². The van der Waals surface area contributed by atoms with Crippen LogP contribution < -0.4 is 20.7 Å². The minimum Gasteiger partial charge on any atom is -0.406 e. The Morgan fingerprint density at radius 1 is 0.825 bits per heavy atom. The van der Waals surface area contributed by atoms with Crippen molar-refractivity contribution in [3.05, 3.63) is 83.6 Å². The van der Waals surface area contributed by atoms with E-state index in [1.54, 1.807) is 24.3 Å². The second-order valence-corrected chi connectivity index (χ2v) is 15.5. The number of ether oxygens (including phenoxy) is 1. The first-order valence-corrected chi connectivity index (χ1v) is 19.7. The largest absolute Gasteiger partial charge is 0.573 e. The summed E-state index contributed by atoms with van der Waals surface area (Å²) in [6.07, 6.45) is 0.472. The average Bonchev–Trinajstić information content (AvgIpc) is 3.68. The summed E-state index contributed by atoms with van der Waals surface area (Å²) in [7, 11) is 0. The Kier molecular flexibility index (Phi) is 10.8. The van der Waals surface area contributed by atoms with Crippen molar-refractivity contribution in [1.82, 2.24) is 24.6 Å². The SMILES string of the molecule is NCCCn1cc(-c2ccc(OC(F)(F)F)cc2)c2cc(CN3CCC(CN4CCN(c5cccc6c5C(=O)N(C5CCC(=O)NC5=O)C6=O)CC4)CC3)ccc21. The number of imide groups is 2. The summed E-state index contributed by atoms with van der Waals surface area (Å²) in [4.78, 5) is 59.4. The number of nitrogens with one attached hydrogen (secondary N) is 1. The standard InChI is InChI=1S/C42H46F3N7O5/c43-42(44,45)57-30-8-6-29(7-9-30)33-26-51(16-2-15-46)34-10-5-28(23-32(33)34)25-48-17-13-27(14-18-48)24-49-19-21-50(22-20-49)35-4-1-3-31-38(35)41(56)52(40(31)55)36-11-12-37(53)47-39(36)54/h1,3-10,23,26-27,36H,2,11-22,24-25,46H2,(H,47,53,54). The smallest absolute Gasteiger partial charge is 0.406 e. The van der Waals surface area contributed by atoms with Gasteiger partial charge >= 0.3 is 6.36 Å². The van der Waals surface area contributed by atoms with Crippen LogP contribution in [-0.4, -0.2) is 108 Å². The van der Waals surface area contributed by atoms with Crippen LogP contribution in [0, 0.1) is 5.92 Å². The Bertz CT molecular complexity index is 2170. The summed E-state index contributed by atoms with van der Waals surface area (Å²) in [6.45, 7) is 8.11. The maximum absolute atomic E-state index is 13.6. The molecule has 3 N–H and O–H groups in total. The minimum absolute atomic E-state index is 0.0795. The third kappa shape index (κ3) is 8.14. The Hall–Kier alpha value is -5.25. The molecular formula is C42H46F3N7O5. The van der Waals surface area contributed by atoms with Crippen LogP contribution in [0.2, 0.25) is 0 Å². The number of aromatic nitrogens is 1. The summed E-state index contributed by atoms with van der Waals surface area (Å²) in [6, 6.07) is 16.8. The highest BCUT2D eigenvalue weighted by molar-refractivity contribution is 6.25. The van der Waals surface area contributed by atoms with Crippen LogP contribution in [0.3, 0.4) is 0 Å². The van der Waals surface area contributed by atoms with E-state index in [-0.39, 0.29) is 18.6 Å². The summed E-state index contributed by atoms with van der Waals surface area (Å²) in [5.74, 6) is -1.68. The number of alkyl halides is 3. The molecule has 57 heavy (non-hydrogen) atoms. The lowest BCUT2D eigenvalue weighted by molar-refractivity contribution is -0.274. The van der Waals surface area contributed by atoms with Gasteiger partial charge in [-0.05, 0) is 98.8 Å². The van der Waals surface area contributed by atoms with E-state index < -0.39 is 36.0 Å². The first-order chi connectivity index (χ1) is 27.5. The topological polar surface area (TPSA) is 133 Å². The molecule has 1 atom stereocenters. The number of hydrogen-bond donors (Lipinski definition) is 2. The molecule has 0 aliphatic carbocycles. The van der Waals surface area contributed by atoms with E-state index in [0.29, 0.717) is 42.4 Å². The first kappa shape index (κ1) is 38.6. The van der Waals surface area contributed by atoms with Crippen LogP contribution in [0.5, 0.6) is 5.75 Å². The molecule has 1 unspecified atom stereocenters. The van der Waals surface area contributed by atoms with Crippen molar-refractivity contribution in [2.75, 3.05) is 57.3 Å². The van der Waals surface area contributed by atoms with Gasteiger partial charge in [0.1, 0.15) is 11.8 Å². The number of amides is 4. The quantitative estimate of drug-likeness (QED) is 0.202. The molecule has 300 valence electrons. The van der Waals surface area contributed by atoms with Gasteiger partial charge in [0.05, 0.1) is 16.8 Å². The Balaban J connectivity index is 0.862. The fourth-order valence-electron chi connectivity index (χ4n) is 8.84. The molecule has 3 fully saturated rings. The van der Waals surface area contributed by atoms with E-state index in [4.69, 9.17) is 5.73 Å². The molecule has 15 heteroatoms. The number of piperazine rings is 1. The number of benzene rings is 3. The Labute approximate surface area is 328 Å². The van der Waals surface area contributed by atoms with E-state index in [1.807, 2.05) is 6.07 Å². The van der Waals surface area contributed by atoms with Crippen molar-refractivity contribution in [2.45, 2.75) is 57.6 Å². The lowest BCUT2D eigenvalue weighted by Crippen LogP contribution is -2.54. The number of halogens is 3. The molecular weight excluding hydrogens is 739 g/mol. The molecule has 5 heterocycles. The van der Waals surface area contributed by atoms with Gasteiger partial charge in [-0.25, -0.2) is 0 Å². The molecule has 4 aliphatic rings. The molecule has 12 nitrogen and oxygen atoms in total. The molecule has 0 radical (unpaired) electrons. The van der Waals surface area contributed by atoms with Crippen LogP contribution >= 0.6 is 0 Å². The molecule has 0 spiro atoms. The van der Waals surface area contributed by atoms with Gasteiger partial charge in [0.25, 0.3) is 11.8 Å². The molecule has 4 aromatic rings. The van der Waals surface area contributed by atoms with Crippen molar-refractivity contribution in [3.8, 4) is 16.9 Å². The lowest BCUT2D eigenvalue weighted by Gasteiger charge is -2.40. The van der Waals surface area contributed by atoms with E-state index >= 15 is 0 Å². The highest BCUT2D eigenvalue weighted by Crippen LogP contribution is 2.36. The minimum atomic E-state index is -4.75. The van der Waals surface area contributed by atoms with Crippen molar-refractivity contribution in [2.24, 2.45) is 11.7 Å². The number of hydrogen-bond acceptors (Lipinski definition) is 9. The summed E-state index contributed by atoms with van der Waals surface area (Å²) in [5, 5.41) is 3.30. The maximum Gasteiger partial charge on any atom is 0.573 e. The number of nitrogens with two attached hydrogens (primary N) is 1. The van der Waals surface area contributed by atoms with Crippen LogP contribution in [0.4, 0.5) is 18.9 Å². The van der Waals surface area contributed by atoms with Crippen molar-refractivity contribution >= 4 is 40.2 Å². The fourth-order valence-corrected chi connectivity index (χ4v) is 8.84. The van der Waals surface area contributed by atoms with Gasteiger partial charge in [-0.15, -0.1) is 13.2 Å². The zero-order valence-electron chi connectivity index (χ0n) is 31.6. The van der Waals surface area contributed by atoms with E-state index in [2.05, 4.69) is 53.7 Å². The fraction of sp³-hybridized carbons (Fsp3) is 0.429. The number of nitrogens with zero attached hydrogens (tertiary/aromatic N) is 5. The Morgan fingerprint density at radius 2 is 1.58 bits per heavy atom. The number of fused-ring (bicyclic) bond motifs is 2. The Morgan fingerprint density at radius 3 is 2.28 bits per heavy atom. The lowest BCUT2D eigenvalue weighted by atomic mass is 9.95. The van der Waals surface area contributed by atoms with Gasteiger partial charge in [0.2, 0.25) is 11.8 Å². The van der Waals surface area contributed by atoms with Crippen molar-refractivity contribution in [1.29, 1.82) is 0 Å². The molecule has 0 saturated carbocycles. The summed E-state index contributed by atoms with van der Waals surface area (Å²) >= 11 is 0. The van der Waals surface area contributed by atoms with E-state index in [0.717, 1.165) is 92.0 Å². The van der Waals surface area contributed by atoms with Crippen LogP contribution in [0.15, 0.2) is 66.9 Å². The molecule has 3 aromatic carbocycles. The highest BCUT2D eigenvalue weighted by atomic mass is 19.4. The number of likely N-dealkylation sites (tertiary alicyclic amines) is 1. The number of carbonyl (C=O) groups is 4. The monoisotopic (exact) mass is 785 g/mol. The number of aryl methyl sites for hydroxylation is 1. The molecule has 8 rings (SSSR count). The van der Waals surface area contributed by atoms with Gasteiger partial charge in [-0.2, -0.15) is 0 Å². The zero-order valence-corrected chi connectivity index (χ0v) is 31.6. The molecule has 4 aliphatic heterocycles. The highest BCUT2D eigenvalue weighted by Gasteiger charge is 2.46. The van der Waals surface area contributed by atoms with Gasteiger partial charge < -0.3 is 19.9 Å². The van der Waals surface area contributed by atoms with Gasteiger partial charge in [-0.1, -0.05) is 24.3 Å². The van der Waals surface area contributed by atoms with Crippen molar-refractivity contribution < 1.29 is 37.1 Å².